The number of nitro groups is 2. The number of nitrogens with two attached hydrogens (primary N) is 1. The third kappa shape index (κ3) is 3.66. The summed E-state index contributed by atoms with van der Waals surface area (Å²) in [5, 5.41) is 21.8. The van der Waals surface area contributed by atoms with Crippen LogP contribution in [0.25, 0.3) is 0 Å². The fraction of sp³-hybridized carbons (Fsp3) is 0.538. The lowest BCUT2D eigenvalue weighted by molar-refractivity contribution is -0.394. The van der Waals surface area contributed by atoms with Gasteiger partial charge in [0.1, 0.15) is 6.10 Å². The van der Waals surface area contributed by atoms with Gasteiger partial charge in [0.2, 0.25) is 0 Å². The molecule has 21 heavy (non-hydrogen) atoms. The molecule has 0 amide bonds. The van der Waals surface area contributed by atoms with Gasteiger partial charge < -0.3 is 10.5 Å². The summed E-state index contributed by atoms with van der Waals surface area (Å²) in [5.74, 6) is 0.0351. The van der Waals surface area contributed by atoms with Crippen LogP contribution in [0.4, 0.5) is 11.4 Å². The average Bonchev–Trinajstić information content (AvgIpc) is 2.64. The molecule has 1 fully saturated rings. The summed E-state index contributed by atoms with van der Waals surface area (Å²) in [6, 6.07) is 3.21. The van der Waals surface area contributed by atoms with E-state index >= 15 is 0 Å². The molecule has 2 rings (SSSR count). The molecular weight excluding hydrogens is 278 g/mol. The van der Waals surface area contributed by atoms with Crippen molar-refractivity contribution in [1.29, 1.82) is 0 Å². The molecule has 0 aliphatic heterocycles. The third-order valence-electron chi connectivity index (χ3n) is 3.63. The first-order chi connectivity index (χ1) is 9.99. The molecule has 0 bridgehead atoms. The van der Waals surface area contributed by atoms with E-state index in [4.69, 9.17) is 10.5 Å². The summed E-state index contributed by atoms with van der Waals surface area (Å²) in [7, 11) is 0. The number of hydrogen-bond acceptors (Lipinski definition) is 6. The minimum absolute atomic E-state index is 0.0351. The number of rotatable bonds is 4. The first kappa shape index (κ1) is 15.2. The molecule has 0 saturated heterocycles. The van der Waals surface area contributed by atoms with Crippen molar-refractivity contribution < 1.29 is 14.6 Å². The van der Waals surface area contributed by atoms with Gasteiger partial charge in [-0.2, -0.15) is 0 Å². The van der Waals surface area contributed by atoms with E-state index in [0.717, 1.165) is 38.2 Å². The third-order valence-corrected chi connectivity index (χ3v) is 3.63. The topological polar surface area (TPSA) is 122 Å². The number of non-ortho nitro benzene ring substituents is 1. The van der Waals surface area contributed by atoms with E-state index in [2.05, 4.69) is 0 Å². The van der Waals surface area contributed by atoms with Crippen LogP contribution in [0.2, 0.25) is 0 Å². The molecule has 114 valence electrons. The Morgan fingerprint density at radius 3 is 2.48 bits per heavy atom. The van der Waals surface area contributed by atoms with Gasteiger partial charge in [0.15, 0.2) is 5.75 Å². The Morgan fingerprint density at radius 2 is 1.81 bits per heavy atom. The van der Waals surface area contributed by atoms with E-state index in [1.165, 1.54) is 12.1 Å². The molecule has 0 radical (unpaired) electrons. The standard InChI is InChI=1S/C13H17N3O5/c14-10-4-2-1-3-5-12(10)21-13-7-6-9(15(17)18)8-11(13)16(19)20/h6-8,10,12H,1-5,14H2. The Hall–Kier alpha value is -2.22. The Morgan fingerprint density at radius 1 is 1.10 bits per heavy atom. The van der Waals surface area contributed by atoms with Crippen molar-refractivity contribution in [3.05, 3.63) is 38.4 Å². The lowest BCUT2D eigenvalue weighted by atomic mass is 10.1. The van der Waals surface area contributed by atoms with Crippen LogP contribution >= 0.6 is 0 Å². The van der Waals surface area contributed by atoms with E-state index in [-0.39, 0.29) is 23.6 Å². The Bertz CT molecular complexity index is 549. The molecule has 0 spiro atoms. The van der Waals surface area contributed by atoms with Gasteiger partial charge in [-0.3, -0.25) is 20.2 Å². The molecule has 0 aromatic heterocycles. The zero-order valence-electron chi connectivity index (χ0n) is 11.4. The van der Waals surface area contributed by atoms with E-state index in [1.807, 2.05) is 0 Å². The predicted molar refractivity (Wildman–Crippen MR) is 75.2 cm³/mol. The molecule has 1 aliphatic carbocycles. The largest absolute Gasteiger partial charge is 0.482 e. The Balaban J connectivity index is 2.26. The minimum Gasteiger partial charge on any atom is -0.482 e. The number of nitro benzene ring substituents is 2. The van der Waals surface area contributed by atoms with Crippen LogP contribution in [0.3, 0.4) is 0 Å². The second-order valence-electron chi connectivity index (χ2n) is 5.12. The minimum atomic E-state index is -0.676. The van der Waals surface area contributed by atoms with Gasteiger partial charge in [0, 0.05) is 12.1 Å². The van der Waals surface area contributed by atoms with Gasteiger partial charge in [-0.05, 0) is 25.3 Å². The first-order valence-corrected chi connectivity index (χ1v) is 6.84. The number of ether oxygens (including phenoxy) is 1. The van der Waals surface area contributed by atoms with Crippen LogP contribution in [0.1, 0.15) is 32.1 Å². The lowest BCUT2D eigenvalue weighted by Gasteiger charge is -2.22. The maximum absolute atomic E-state index is 11.1. The van der Waals surface area contributed by atoms with Crippen molar-refractivity contribution in [2.75, 3.05) is 0 Å². The highest BCUT2D eigenvalue weighted by molar-refractivity contribution is 5.53. The molecule has 2 N–H and O–H groups in total. The number of benzene rings is 1. The summed E-state index contributed by atoms with van der Waals surface area (Å²) in [5.41, 5.74) is 5.29. The lowest BCUT2D eigenvalue weighted by Crippen LogP contribution is -2.38. The smallest absolute Gasteiger partial charge is 0.317 e. The number of hydrogen-bond donors (Lipinski definition) is 1. The van der Waals surface area contributed by atoms with E-state index < -0.39 is 15.5 Å². The Labute approximate surface area is 121 Å². The van der Waals surface area contributed by atoms with Crippen LogP contribution in [0, 0.1) is 20.2 Å². The Kier molecular flexibility index (Phi) is 4.69. The second-order valence-corrected chi connectivity index (χ2v) is 5.12. The fourth-order valence-corrected chi connectivity index (χ4v) is 2.47. The van der Waals surface area contributed by atoms with Crippen molar-refractivity contribution in [3.63, 3.8) is 0 Å². The summed E-state index contributed by atoms with van der Waals surface area (Å²) in [6.07, 6.45) is 4.28. The molecule has 0 heterocycles. The monoisotopic (exact) mass is 295 g/mol. The van der Waals surface area contributed by atoms with Gasteiger partial charge in [-0.1, -0.05) is 12.8 Å². The molecule has 2 unspecified atom stereocenters. The van der Waals surface area contributed by atoms with Crippen molar-refractivity contribution in [2.24, 2.45) is 5.73 Å². The summed E-state index contributed by atoms with van der Waals surface area (Å²) in [4.78, 5) is 20.4. The van der Waals surface area contributed by atoms with E-state index in [0.29, 0.717) is 0 Å². The molecule has 1 aromatic rings. The highest BCUT2D eigenvalue weighted by atomic mass is 16.6. The first-order valence-electron chi connectivity index (χ1n) is 6.84. The van der Waals surface area contributed by atoms with Gasteiger partial charge in [-0.25, -0.2) is 0 Å². The van der Waals surface area contributed by atoms with Gasteiger partial charge in [0.05, 0.1) is 15.9 Å². The van der Waals surface area contributed by atoms with Crippen LogP contribution in [0.15, 0.2) is 18.2 Å². The molecule has 1 aromatic carbocycles. The van der Waals surface area contributed by atoms with Crippen molar-refractivity contribution >= 4 is 11.4 Å². The number of nitrogens with zero attached hydrogens (tertiary/aromatic N) is 2. The quantitative estimate of drug-likeness (QED) is 0.517. The van der Waals surface area contributed by atoms with Crippen molar-refractivity contribution in [1.82, 2.24) is 0 Å². The maximum atomic E-state index is 11.1. The summed E-state index contributed by atoms with van der Waals surface area (Å²) in [6.45, 7) is 0. The highest BCUT2D eigenvalue weighted by Crippen LogP contribution is 2.33. The van der Waals surface area contributed by atoms with Gasteiger partial charge >= 0.3 is 5.69 Å². The van der Waals surface area contributed by atoms with Gasteiger partial charge in [0.25, 0.3) is 5.69 Å². The van der Waals surface area contributed by atoms with Crippen LogP contribution in [0.5, 0.6) is 5.75 Å². The van der Waals surface area contributed by atoms with Crippen LogP contribution < -0.4 is 10.5 Å². The molecule has 8 heteroatoms. The summed E-state index contributed by atoms with van der Waals surface area (Å²) < 4.78 is 5.69. The fourth-order valence-electron chi connectivity index (χ4n) is 2.47. The predicted octanol–water partition coefficient (Wildman–Crippen LogP) is 2.54. The normalized spacial score (nSPS) is 22.3. The second kappa shape index (κ2) is 6.49. The maximum Gasteiger partial charge on any atom is 0.317 e. The van der Waals surface area contributed by atoms with Gasteiger partial charge in [-0.15, -0.1) is 0 Å². The molecular formula is C13H17N3O5. The van der Waals surface area contributed by atoms with Crippen LogP contribution in [-0.4, -0.2) is 22.0 Å². The zero-order valence-corrected chi connectivity index (χ0v) is 11.4. The van der Waals surface area contributed by atoms with Crippen LogP contribution in [-0.2, 0) is 0 Å². The molecule has 8 nitrogen and oxygen atoms in total. The van der Waals surface area contributed by atoms with Crippen molar-refractivity contribution in [3.8, 4) is 5.75 Å². The van der Waals surface area contributed by atoms with E-state index in [1.54, 1.807) is 0 Å². The molecule has 1 saturated carbocycles. The van der Waals surface area contributed by atoms with Crippen molar-refractivity contribution in [2.45, 2.75) is 44.2 Å². The SMILES string of the molecule is NC1CCCCCC1Oc1ccc([N+](=O)[O-])cc1[N+](=O)[O-]. The molecule has 1 aliphatic rings. The zero-order chi connectivity index (χ0) is 15.4. The van der Waals surface area contributed by atoms with E-state index in [9.17, 15) is 20.2 Å². The average molecular weight is 295 g/mol. The molecule has 2 atom stereocenters. The highest BCUT2D eigenvalue weighted by Gasteiger charge is 2.27. The summed E-state index contributed by atoms with van der Waals surface area (Å²) >= 11 is 0.